The summed E-state index contributed by atoms with van der Waals surface area (Å²) in [4.78, 5) is 31.0. The molecule has 25 heavy (non-hydrogen) atoms. The molecule has 0 N–H and O–H groups in total. The van der Waals surface area contributed by atoms with Crippen molar-refractivity contribution in [1.29, 1.82) is 0 Å². The van der Waals surface area contributed by atoms with E-state index in [1.807, 2.05) is 24.3 Å². The van der Waals surface area contributed by atoms with Gasteiger partial charge in [0.1, 0.15) is 11.4 Å². The van der Waals surface area contributed by atoms with Crippen molar-refractivity contribution in [1.82, 2.24) is 14.7 Å². The lowest BCUT2D eigenvalue weighted by atomic mass is 10.2. The third-order valence-electron chi connectivity index (χ3n) is 4.91. The first kappa shape index (κ1) is 18.5. The highest BCUT2D eigenvalue weighted by atomic mass is 35.5. The van der Waals surface area contributed by atoms with Crippen LogP contribution in [0.5, 0.6) is 0 Å². The maximum atomic E-state index is 12.8. The minimum atomic E-state index is -0.327. The van der Waals surface area contributed by atoms with E-state index in [0.717, 1.165) is 31.6 Å². The lowest BCUT2D eigenvalue weighted by Crippen LogP contribution is -2.36. The molecule has 2 atom stereocenters. The Morgan fingerprint density at radius 3 is 2.52 bits per heavy atom. The summed E-state index contributed by atoms with van der Waals surface area (Å²) in [5.74, 6) is 0.609. The molecule has 2 saturated heterocycles. The number of carbonyl (C=O) groups is 2. The van der Waals surface area contributed by atoms with Gasteiger partial charge in [0, 0.05) is 17.3 Å². The quantitative estimate of drug-likeness (QED) is 0.678. The van der Waals surface area contributed by atoms with Gasteiger partial charge in [0.2, 0.25) is 0 Å². The summed E-state index contributed by atoms with van der Waals surface area (Å²) in [7, 11) is 0. The van der Waals surface area contributed by atoms with E-state index in [2.05, 4.69) is 18.7 Å². The SMILES string of the molecule is CCN(CC)CCCN1C(=O)[C@@H]2CS[C@@H](c3ccc(Cl)cc3)N2C1=O. The summed E-state index contributed by atoms with van der Waals surface area (Å²) in [6.45, 7) is 7.63. The lowest BCUT2D eigenvalue weighted by molar-refractivity contribution is -0.127. The predicted octanol–water partition coefficient (Wildman–Crippen LogP) is 3.45. The molecule has 2 aliphatic heterocycles. The van der Waals surface area contributed by atoms with Gasteiger partial charge >= 0.3 is 6.03 Å². The largest absolute Gasteiger partial charge is 0.328 e. The van der Waals surface area contributed by atoms with Crippen molar-refractivity contribution < 1.29 is 9.59 Å². The van der Waals surface area contributed by atoms with Crippen molar-refractivity contribution in [3.63, 3.8) is 0 Å². The molecular formula is C18H24ClN3O2S. The first-order valence-corrected chi connectivity index (χ1v) is 10.2. The van der Waals surface area contributed by atoms with Crippen LogP contribution in [-0.2, 0) is 4.79 Å². The fourth-order valence-corrected chi connectivity index (χ4v) is 4.97. The van der Waals surface area contributed by atoms with Crippen LogP contribution in [-0.4, -0.2) is 64.6 Å². The number of halogens is 1. The van der Waals surface area contributed by atoms with Crippen LogP contribution in [0.15, 0.2) is 24.3 Å². The van der Waals surface area contributed by atoms with E-state index in [1.54, 1.807) is 16.7 Å². The van der Waals surface area contributed by atoms with E-state index in [0.29, 0.717) is 17.3 Å². The Hall–Kier alpha value is -1.24. The van der Waals surface area contributed by atoms with Crippen LogP contribution in [0, 0.1) is 0 Å². The van der Waals surface area contributed by atoms with E-state index in [9.17, 15) is 9.59 Å². The first-order chi connectivity index (χ1) is 12.1. The topological polar surface area (TPSA) is 43.9 Å². The van der Waals surface area contributed by atoms with Gasteiger partial charge in [-0.2, -0.15) is 0 Å². The Balaban J connectivity index is 1.67. The van der Waals surface area contributed by atoms with Gasteiger partial charge in [-0.3, -0.25) is 14.6 Å². The maximum Gasteiger partial charge on any atom is 0.328 e. The van der Waals surface area contributed by atoms with Crippen LogP contribution in [0.2, 0.25) is 5.02 Å². The van der Waals surface area contributed by atoms with Gasteiger partial charge in [0.15, 0.2) is 0 Å². The summed E-state index contributed by atoms with van der Waals surface area (Å²) < 4.78 is 0. The van der Waals surface area contributed by atoms with Crippen molar-refractivity contribution in [3.05, 3.63) is 34.9 Å². The number of rotatable bonds is 7. The van der Waals surface area contributed by atoms with Crippen molar-refractivity contribution in [2.24, 2.45) is 0 Å². The van der Waals surface area contributed by atoms with Crippen LogP contribution < -0.4 is 0 Å². The third kappa shape index (κ3) is 3.66. The number of hydrogen-bond acceptors (Lipinski definition) is 4. The molecule has 2 fully saturated rings. The zero-order valence-electron chi connectivity index (χ0n) is 14.7. The number of carbonyl (C=O) groups excluding carboxylic acids is 2. The average molecular weight is 382 g/mol. The maximum absolute atomic E-state index is 12.8. The zero-order valence-corrected chi connectivity index (χ0v) is 16.2. The van der Waals surface area contributed by atoms with Crippen LogP contribution >= 0.6 is 23.4 Å². The molecule has 2 aliphatic rings. The molecule has 0 aliphatic carbocycles. The van der Waals surface area contributed by atoms with E-state index in [1.165, 1.54) is 4.90 Å². The predicted molar refractivity (Wildman–Crippen MR) is 102 cm³/mol. The Labute approximate surface area is 158 Å². The molecule has 0 unspecified atom stereocenters. The highest BCUT2D eigenvalue weighted by Crippen LogP contribution is 2.45. The second kappa shape index (κ2) is 7.98. The zero-order chi connectivity index (χ0) is 18.0. The highest BCUT2D eigenvalue weighted by Gasteiger charge is 2.52. The molecule has 1 aromatic rings. The smallest absolute Gasteiger partial charge is 0.304 e. The highest BCUT2D eigenvalue weighted by molar-refractivity contribution is 7.99. The molecule has 0 spiro atoms. The number of fused-ring (bicyclic) bond motifs is 1. The van der Waals surface area contributed by atoms with Gasteiger partial charge in [-0.05, 0) is 43.8 Å². The van der Waals surface area contributed by atoms with E-state index < -0.39 is 0 Å². The van der Waals surface area contributed by atoms with E-state index in [4.69, 9.17) is 11.6 Å². The Kier molecular flexibility index (Phi) is 5.92. The second-order valence-electron chi connectivity index (χ2n) is 6.31. The number of benzene rings is 1. The fraction of sp³-hybridized carbons (Fsp3) is 0.556. The number of thioether (sulfide) groups is 1. The van der Waals surface area contributed by atoms with Gasteiger partial charge < -0.3 is 4.90 Å². The molecule has 0 bridgehead atoms. The minimum Gasteiger partial charge on any atom is -0.304 e. The summed E-state index contributed by atoms with van der Waals surface area (Å²) in [5, 5.41) is 0.566. The van der Waals surface area contributed by atoms with Crippen LogP contribution in [0.1, 0.15) is 31.2 Å². The number of nitrogens with zero attached hydrogens (tertiary/aromatic N) is 3. The summed E-state index contributed by atoms with van der Waals surface area (Å²) in [6.07, 6.45) is 0.818. The molecule has 136 valence electrons. The first-order valence-electron chi connectivity index (χ1n) is 8.79. The third-order valence-corrected chi connectivity index (χ3v) is 6.48. The second-order valence-corrected chi connectivity index (χ2v) is 7.86. The number of urea groups is 1. The summed E-state index contributed by atoms with van der Waals surface area (Å²) in [6, 6.07) is 7.04. The monoisotopic (exact) mass is 381 g/mol. The van der Waals surface area contributed by atoms with Crippen LogP contribution in [0.25, 0.3) is 0 Å². The Morgan fingerprint density at radius 1 is 1.20 bits per heavy atom. The molecular weight excluding hydrogens is 358 g/mol. The Morgan fingerprint density at radius 2 is 1.88 bits per heavy atom. The van der Waals surface area contributed by atoms with Crippen molar-refractivity contribution in [2.45, 2.75) is 31.7 Å². The van der Waals surface area contributed by atoms with Gasteiger partial charge in [-0.15, -0.1) is 11.8 Å². The average Bonchev–Trinajstić information content (AvgIpc) is 3.15. The molecule has 5 nitrogen and oxygen atoms in total. The Bertz CT molecular complexity index is 636. The van der Waals surface area contributed by atoms with Crippen LogP contribution in [0.4, 0.5) is 4.79 Å². The molecule has 0 saturated carbocycles. The summed E-state index contributed by atoms with van der Waals surface area (Å²) >= 11 is 7.60. The van der Waals surface area contributed by atoms with Crippen molar-refractivity contribution >= 4 is 35.3 Å². The van der Waals surface area contributed by atoms with Crippen molar-refractivity contribution in [2.75, 3.05) is 31.9 Å². The number of amides is 3. The molecule has 0 aromatic heterocycles. The molecule has 3 amide bonds. The number of imide groups is 1. The molecule has 0 radical (unpaired) electrons. The molecule has 3 rings (SSSR count). The van der Waals surface area contributed by atoms with Gasteiger partial charge in [0.05, 0.1) is 0 Å². The van der Waals surface area contributed by atoms with Gasteiger partial charge in [0.25, 0.3) is 5.91 Å². The molecule has 7 heteroatoms. The van der Waals surface area contributed by atoms with Gasteiger partial charge in [-0.1, -0.05) is 37.6 Å². The minimum absolute atomic E-state index is 0.0477. The van der Waals surface area contributed by atoms with Crippen LogP contribution in [0.3, 0.4) is 0 Å². The molecule has 2 heterocycles. The van der Waals surface area contributed by atoms with E-state index in [-0.39, 0.29) is 23.4 Å². The fourth-order valence-electron chi connectivity index (χ4n) is 3.43. The number of hydrogen-bond donors (Lipinski definition) is 0. The van der Waals surface area contributed by atoms with Gasteiger partial charge in [-0.25, -0.2) is 4.79 Å². The van der Waals surface area contributed by atoms with Crippen molar-refractivity contribution in [3.8, 4) is 0 Å². The summed E-state index contributed by atoms with van der Waals surface area (Å²) in [5.41, 5.74) is 1.02. The van der Waals surface area contributed by atoms with E-state index >= 15 is 0 Å². The lowest BCUT2D eigenvalue weighted by Gasteiger charge is -2.23. The molecule has 1 aromatic carbocycles. The standard InChI is InChI=1S/C18H24ClN3O2S/c1-3-20(4-2)10-5-11-21-16(23)15-12-25-17(22(15)18(21)24)13-6-8-14(19)9-7-13/h6-9,15,17H,3-5,10-12H2,1-2H3/t15-,17-/m0/s1. The normalized spacial score (nSPS) is 23.0.